The number of hydrogen-bond acceptors (Lipinski definition) is 5. The van der Waals surface area contributed by atoms with Crippen molar-refractivity contribution in [3.8, 4) is 5.75 Å². The summed E-state index contributed by atoms with van der Waals surface area (Å²) in [6.07, 6.45) is 9.57. The van der Waals surface area contributed by atoms with Gasteiger partial charge in [-0.05, 0) is 60.9 Å². The molecule has 5 nitrogen and oxygen atoms in total. The molecule has 0 spiro atoms. The summed E-state index contributed by atoms with van der Waals surface area (Å²) in [6.45, 7) is 0.664. The molecule has 180 valence electrons. The van der Waals surface area contributed by atoms with E-state index in [0.717, 1.165) is 39.3 Å². The summed E-state index contributed by atoms with van der Waals surface area (Å²) in [7, 11) is 1.63. The van der Waals surface area contributed by atoms with Crippen molar-refractivity contribution in [3.05, 3.63) is 59.0 Å². The second-order valence-electron chi connectivity index (χ2n) is 8.58. The summed E-state index contributed by atoms with van der Waals surface area (Å²) >= 11 is 3.49. The third-order valence-corrected chi connectivity index (χ3v) is 8.64. The van der Waals surface area contributed by atoms with Crippen LogP contribution in [0.15, 0.2) is 58.3 Å². The molecule has 1 fully saturated rings. The second-order valence-corrected chi connectivity index (χ2v) is 11.1. The Morgan fingerprint density at radius 1 is 1.15 bits per heavy atom. The minimum Gasteiger partial charge on any atom is -0.497 e. The number of hydrogen-bond donors (Lipinski definition) is 1. The molecule has 0 saturated heterocycles. The Morgan fingerprint density at radius 3 is 2.68 bits per heavy atom. The standard InChI is InChI=1S/C27H32N2O3S2/c1-32-21-14-12-20(13-15-21)18-25-27(31)29(23-10-5-6-11-24(23)34-25)19-26(30)28-16-7-17-33-22-8-3-2-4-9-22/h5-6,10-15,18,22H,2-4,7-9,16-17,19H2,1H3,(H,28,30)/b25-18-. The highest BCUT2D eigenvalue weighted by Crippen LogP contribution is 2.42. The predicted octanol–water partition coefficient (Wildman–Crippen LogP) is 5.75. The fourth-order valence-corrected chi connectivity index (χ4v) is 6.62. The van der Waals surface area contributed by atoms with E-state index in [1.807, 2.05) is 66.4 Å². The molecule has 34 heavy (non-hydrogen) atoms. The van der Waals surface area contributed by atoms with Crippen LogP contribution in [0.3, 0.4) is 0 Å². The quantitative estimate of drug-likeness (QED) is 0.354. The summed E-state index contributed by atoms with van der Waals surface area (Å²) in [5.41, 5.74) is 1.70. The molecule has 2 amide bonds. The average Bonchev–Trinajstić information content (AvgIpc) is 2.87. The van der Waals surface area contributed by atoms with Crippen LogP contribution in [-0.4, -0.2) is 43.0 Å². The van der Waals surface area contributed by atoms with Gasteiger partial charge in [-0.1, -0.05) is 55.3 Å². The fraction of sp³-hybridized carbons (Fsp3) is 0.407. The van der Waals surface area contributed by atoms with E-state index in [4.69, 9.17) is 4.74 Å². The Kier molecular flexibility index (Phi) is 8.99. The molecule has 0 atom stereocenters. The van der Waals surface area contributed by atoms with Crippen LogP contribution in [-0.2, 0) is 9.59 Å². The number of benzene rings is 2. The van der Waals surface area contributed by atoms with E-state index in [9.17, 15) is 9.59 Å². The molecule has 2 aromatic rings. The van der Waals surface area contributed by atoms with E-state index in [1.165, 1.54) is 43.9 Å². The van der Waals surface area contributed by atoms with Gasteiger partial charge in [0.25, 0.3) is 5.91 Å². The van der Waals surface area contributed by atoms with Crippen LogP contribution in [0, 0.1) is 0 Å². The summed E-state index contributed by atoms with van der Waals surface area (Å²) in [4.78, 5) is 29.2. The normalized spacial score (nSPS) is 17.5. The van der Waals surface area contributed by atoms with Crippen LogP contribution < -0.4 is 15.0 Å². The summed E-state index contributed by atoms with van der Waals surface area (Å²) < 4.78 is 5.22. The lowest BCUT2D eigenvalue weighted by atomic mass is 10.0. The zero-order valence-corrected chi connectivity index (χ0v) is 21.3. The van der Waals surface area contributed by atoms with Gasteiger partial charge in [0.15, 0.2) is 0 Å². The largest absolute Gasteiger partial charge is 0.497 e. The highest BCUT2D eigenvalue weighted by Gasteiger charge is 2.30. The Bertz CT molecular complexity index is 1020. The number of para-hydroxylation sites is 1. The lowest BCUT2D eigenvalue weighted by Crippen LogP contribution is -2.43. The molecule has 0 bridgehead atoms. The third kappa shape index (κ3) is 6.60. The first-order chi connectivity index (χ1) is 16.6. The van der Waals surface area contributed by atoms with Crippen LogP contribution in [0.5, 0.6) is 5.75 Å². The number of methoxy groups -OCH3 is 1. The molecule has 0 aromatic heterocycles. The summed E-state index contributed by atoms with van der Waals surface area (Å²) in [5.74, 6) is 1.57. The number of anilines is 1. The summed E-state index contributed by atoms with van der Waals surface area (Å²) in [6, 6.07) is 15.3. The number of carbonyl (C=O) groups excluding carboxylic acids is 2. The van der Waals surface area contributed by atoms with Gasteiger partial charge in [-0.3, -0.25) is 14.5 Å². The Balaban J connectivity index is 1.36. The number of nitrogens with one attached hydrogen (secondary N) is 1. The molecule has 1 heterocycles. The van der Waals surface area contributed by atoms with Crippen molar-refractivity contribution in [2.45, 2.75) is 48.7 Å². The van der Waals surface area contributed by atoms with Gasteiger partial charge < -0.3 is 10.1 Å². The molecular weight excluding hydrogens is 464 g/mol. The smallest absolute Gasteiger partial charge is 0.265 e. The first kappa shape index (κ1) is 24.7. The van der Waals surface area contributed by atoms with Crippen LogP contribution in [0.4, 0.5) is 5.69 Å². The topological polar surface area (TPSA) is 58.6 Å². The Labute approximate surface area is 210 Å². The van der Waals surface area contributed by atoms with Gasteiger partial charge in [-0.2, -0.15) is 11.8 Å². The summed E-state index contributed by atoms with van der Waals surface area (Å²) in [5, 5.41) is 3.80. The van der Waals surface area contributed by atoms with Gasteiger partial charge in [-0.15, -0.1) is 0 Å². The maximum Gasteiger partial charge on any atom is 0.265 e. The lowest BCUT2D eigenvalue weighted by molar-refractivity contribution is -0.122. The molecular formula is C27H32N2O3S2. The monoisotopic (exact) mass is 496 g/mol. The van der Waals surface area contributed by atoms with Gasteiger partial charge in [0.05, 0.1) is 17.7 Å². The number of rotatable bonds is 9. The number of thioether (sulfide) groups is 2. The molecule has 2 aromatic carbocycles. The molecule has 0 radical (unpaired) electrons. The molecule has 4 rings (SSSR count). The number of fused-ring (bicyclic) bond motifs is 1. The van der Waals surface area contributed by atoms with Crippen molar-refractivity contribution in [2.24, 2.45) is 0 Å². The van der Waals surface area contributed by atoms with Crippen LogP contribution in [0.1, 0.15) is 44.1 Å². The van der Waals surface area contributed by atoms with Gasteiger partial charge in [0, 0.05) is 16.7 Å². The molecule has 1 aliphatic heterocycles. The molecule has 2 aliphatic rings. The third-order valence-electron chi connectivity index (χ3n) is 6.10. The predicted molar refractivity (Wildman–Crippen MR) is 143 cm³/mol. The molecule has 7 heteroatoms. The zero-order valence-electron chi connectivity index (χ0n) is 19.6. The highest BCUT2D eigenvalue weighted by molar-refractivity contribution is 8.04. The van der Waals surface area contributed by atoms with E-state index in [1.54, 1.807) is 12.0 Å². The average molecular weight is 497 g/mol. The Morgan fingerprint density at radius 2 is 1.91 bits per heavy atom. The second kappa shape index (κ2) is 12.4. The lowest BCUT2D eigenvalue weighted by Gasteiger charge is -2.29. The minimum atomic E-state index is -0.150. The van der Waals surface area contributed by atoms with Crippen molar-refractivity contribution in [3.63, 3.8) is 0 Å². The van der Waals surface area contributed by atoms with E-state index < -0.39 is 0 Å². The van der Waals surface area contributed by atoms with E-state index in [-0.39, 0.29) is 18.4 Å². The van der Waals surface area contributed by atoms with Gasteiger partial charge in [-0.25, -0.2) is 0 Å². The van der Waals surface area contributed by atoms with Crippen LogP contribution >= 0.6 is 23.5 Å². The van der Waals surface area contributed by atoms with E-state index in [2.05, 4.69) is 5.32 Å². The van der Waals surface area contributed by atoms with Crippen molar-refractivity contribution >= 4 is 47.1 Å². The van der Waals surface area contributed by atoms with Crippen LogP contribution in [0.25, 0.3) is 6.08 Å². The molecule has 0 unspecified atom stereocenters. The van der Waals surface area contributed by atoms with Gasteiger partial charge in [0.1, 0.15) is 12.3 Å². The van der Waals surface area contributed by atoms with Crippen molar-refractivity contribution in [2.75, 3.05) is 30.9 Å². The maximum absolute atomic E-state index is 13.3. The molecule has 1 aliphatic carbocycles. The number of ether oxygens (including phenoxy) is 1. The number of amides is 2. The van der Waals surface area contributed by atoms with E-state index in [0.29, 0.717) is 11.4 Å². The highest BCUT2D eigenvalue weighted by atomic mass is 32.2. The maximum atomic E-state index is 13.3. The van der Waals surface area contributed by atoms with Crippen molar-refractivity contribution in [1.29, 1.82) is 0 Å². The Hall–Kier alpha value is -2.38. The SMILES string of the molecule is COc1ccc(/C=C2\Sc3ccccc3N(CC(=O)NCCCSC3CCCCC3)C2=O)cc1. The molecule has 1 N–H and O–H groups in total. The van der Waals surface area contributed by atoms with Crippen molar-refractivity contribution in [1.82, 2.24) is 5.32 Å². The molecule has 1 saturated carbocycles. The first-order valence-electron chi connectivity index (χ1n) is 12.0. The van der Waals surface area contributed by atoms with E-state index >= 15 is 0 Å². The van der Waals surface area contributed by atoms with Crippen molar-refractivity contribution < 1.29 is 14.3 Å². The zero-order chi connectivity index (χ0) is 23.8. The minimum absolute atomic E-state index is 0.0200. The number of nitrogens with zero attached hydrogens (tertiary/aromatic N) is 1. The van der Waals surface area contributed by atoms with Crippen LogP contribution in [0.2, 0.25) is 0 Å². The van der Waals surface area contributed by atoms with Gasteiger partial charge >= 0.3 is 0 Å². The fourth-order valence-electron chi connectivity index (χ4n) is 4.25. The first-order valence-corrected chi connectivity index (χ1v) is 13.8. The number of carbonyl (C=O) groups is 2. The van der Waals surface area contributed by atoms with Gasteiger partial charge in [0.2, 0.25) is 5.91 Å².